The summed E-state index contributed by atoms with van der Waals surface area (Å²) >= 11 is 0. The number of carbonyl (C=O) groups is 2. The van der Waals surface area contributed by atoms with E-state index in [0.717, 1.165) is 25.4 Å². The Bertz CT molecular complexity index is 733. The zero-order chi connectivity index (χ0) is 18.3. The van der Waals surface area contributed by atoms with Crippen LogP contribution in [0.5, 0.6) is 0 Å². The molecule has 2 amide bonds. The quantitative estimate of drug-likeness (QED) is 0.719. The summed E-state index contributed by atoms with van der Waals surface area (Å²) in [4.78, 5) is 27.1. The number of amides is 2. The molecule has 8 heteroatoms. The van der Waals surface area contributed by atoms with Crippen LogP contribution < -0.4 is 0 Å². The van der Waals surface area contributed by atoms with Crippen molar-refractivity contribution < 1.29 is 18.0 Å². The number of hydrazone groups is 1. The summed E-state index contributed by atoms with van der Waals surface area (Å²) in [5.74, 6) is 1.17. The van der Waals surface area contributed by atoms with Gasteiger partial charge in [-0.2, -0.15) is 5.10 Å². The van der Waals surface area contributed by atoms with Gasteiger partial charge in [-0.15, -0.1) is 0 Å². The van der Waals surface area contributed by atoms with E-state index >= 15 is 0 Å². The fourth-order valence-electron chi connectivity index (χ4n) is 4.95. The number of fused-ring (bicyclic) bond motifs is 1. The van der Waals surface area contributed by atoms with Crippen molar-refractivity contribution in [2.45, 2.75) is 57.4 Å². The van der Waals surface area contributed by atoms with Crippen molar-refractivity contribution in [1.29, 1.82) is 0 Å². The van der Waals surface area contributed by atoms with Gasteiger partial charge in [-0.1, -0.05) is 19.3 Å². The summed E-state index contributed by atoms with van der Waals surface area (Å²) in [6.45, 7) is 1.57. The van der Waals surface area contributed by atoms with Crippen molar-refractivity contribution in [2.24, 2.45) is 16.9 Å². The van der Waals surface area contributed by atoms with Crippen molar-refractivity contribution in [3.05, 3.63) is 0 Å². The largest absolute Gasteiger partial charge is 0.337 e. The second-order valence-electron chi connectivity index (χ2n) is 8.19. The Hall–Kier alpha value is -1.44. The van der Waals surface area contributed by atoms with Gasteiger partial charge in [0.05, 0.1) is 17.5 Å². The Morgan fingerprint density at radius 3 is 2.54 bits per heavy atom. The highest BCUT2D eigenvalue weighted by atomic mass is 32.2. The first-order chi connectivity index (χ1) is 12.4. The van der Waals surface area contributed by atoms with E-state index < -0.39 is 15.9 Å². The topological polar surface area (TPSA) is 87.1 Å². The molecule has 0 N–H and O–H groups in total. The molecule has 3 aliphatic heterocycles. The van der Waals surface area contributed by atoms with E-state index in [1.165, 1.54) is 30.7 Å². The van der Waals surface area contributed by atoms with Gasteiger partial charge >= 0.3 is 0 Å². The maximum Gasteiger partial charge on any atom is 0.270 e. The third-order valence-corrected chi connectivity index (χ3v) is 8.19. The maximum atomic E-state index is 13.0. The van der Waals surface area contributed by atoms with Crippen molar-refractivity contribution in [3.8, 4) is 0 Å². The Morgan fingerprint density at radius 2 is 1.81 bits per heavy atom. The molecule has 0 aromatic carbocycles. The van der Waals surface area contributed by atoms with Crippen LogP contribution in [-0.2, 0) is 19.4 Å². The molecule has 1 saturated carbocycles. The lowest BCUT2D eigenvalue weighted by atomic mass is 9.75. The average molecular weight is 381 g/mol. The highest BCUT2D eigenvalue weighted by molar-refractivity contribution is 7.91. The molecular formula is C18H27N3O4S. The molecule has 0 radical (unpaired) electrons. The van der Waals surface area contributed by atoms with Crippen molar-refractivity contribution >= 4 is 27.4 Å². The molecule has 7 nitrogen and oxygen atoms in total. The molecule has 1 aliphatic carbocycles. The van der Waals surface area contributed by atoms with Gasteiger partial charge in [-0.25, -0.2) is 13.4 Å². The van der Waals surface area contributed by atoms with Gasteiger partial charge in [-0.3, -0.25) is 9.59 Å². The molecule has 26 heavy (non-hydrogen) atoms. The lowest BCUT2D eigenvalue weighted by molar-refractivity contribution is -0.134. The van der Waals surface area contributed by atoms with Crippen molar-refractivity contribution in [2.75, 3.05) is 24.6 Å². The summed E-state index contributed by atoms with van der Waals surface area (Å²) in [5, 5.41) is 5.62. The molecule has 144 valence electrons. The smallest absolute Gasteiger partial charge is 0.270 e. The van der Waals surface area contributed by atoms with Gasteiger partial charge in [0.2, 0.25) is 5.91 Å². The van der Waals surface area contributed by atoms with E-state index in [1.54, 1.807) is 0 Å². The summed E-state index contributed by atoms with van der Waals surface area (Å²) in [6.07, 6.45) is 7.11. The molecule has 3 atom stereocenters. The minimum Gasteiger partial charge on any atom is -0.337 e. The molecule has 0 aromatic heterocycles. The minimum absolute atomic E-state index is 0.0445. The SMILES string of the molecule is O=C(C1=NN(C2CCS(=O)(=O)C2)C(=O)CC1)N1CCC2CCCCC2C1. The molecule has 2 saturated heterocycles. The molecule has 0 spiro atoms. The zero-order valence-corrected chi connectivity index (χ0v) is 15.9. The molecule has 4 rings (SSSR count). The van der Waals surface area contributed by atoms with Crippen LogP contribution in [0.25, 0.3) is 0 Å². The molecule has 3 unspecified atom stereocenters. The first-order valence-corrected chi connectivity index (χ1v) is 11.6. The monoisotopic (exact) mass is 381 g/mol. The third-order valence-electron chi connectivity index (χ3n) is 6.44. The lowest BCUT2D eigenvalue weighted by Gasteiger charge is -2.41. The summed E-state index contributed by atoms with van der Waals surface area (Å²) in [5.41, 5.74) is 0.420. The van der Waals surface area contributed by atoms with Crippen LogP contribution in [0.4, 0.5) is 0 Å². The van der Waals surface area contributed by atoms with Crippen LogP contribution in [0.15, 0.2) is 5.10 Å². The van der Waals surface area contributed by atoms with Crippen LogP contribution in [0, 0.1) is 11.8 Å². The Kier molecular flexibility index (Phi) is 4.79. The Labute approximate surface area is 154 Å². The molecule has 3 heterocycles. The number of sulfone groups is 1. The van der Waals surface area contributed by atoms with E-state index in [-0.39, 0.29) is 29.7 Å². The van der Waals surface area contributed by atoms with Crippen molar-refractivity contribution in [3.63, 3.8) is 0 Å². The van der Waals surface area contributed by atoms with E-state index in [0.29, 0.717) is 24.5 Å². The van der Waals surface area contributed by atoms with Gasteiger partial charge in [0, 0.05) is 25.9 Å². The van der Waals surface area contributed by atoms with Crippen LogP contribution in [0.1, 0.15) is 51.4 Å². The molecule has 0 bridgehead atoms. The van der Waals surface area contributed by atoms with Crippen LogP contribution >= 0.6 is 0 Å². The van der Waals surface area contributed by atoms with Gasteiger partial charge in [0.1, 0.15) is 5.71 Å². The van der Waals surface area contributed by atoms with Gasteiger partial charge in [0.25, 0.3) is 5.91 Å². The first kappa shape index (κ1) is 17.9. The summed E-state index contributed by atoms with van der Waals surface area (Å²) in [7, 11) is -3.10. The molecular weight excluding hydrogens is 354 g/mol. The highest BCUT2D eigenvalue weighted by Gasteiger charge is 2.39. The molecule has 4 aliphatic rings. The molecule has 3 fully saturated rings. The number of rotatable bonds is 2. The number of nitrogens with zero attached hydrogens (tertiary/aromatic N) is 3. The average Bonchev–Trinajstić information content (AvgIpc) is 3.01. The van der Waals surface area contributed by atoms with Crippen LogP contribution in [0.2, 0.25) is 0 Å². The maximum absolute atomic E-state index is 13.0. The third kappa shape index (κ3) is 3.52. The number of carbonyl (C=O) groups excluding carboxylic acids is 2. The van der Waals surface area contributed by atoms with E-state index in [9.17, 15) is 18.0 Å². The van der Waals surface area contributed by atoms with Gasteiger partial charge in [0.15, 0.2) is 9.84 Å². The fourth-order valence-corrected chi connectivity index (χ4v) is 6.64. The first-order valence-electron chi connectivity index (χ1n) is 9.82. The lowest BCUT2D eigenvalue weighted by Crippen LogP contribution is -2.49. The summed E-state index contributed by atoms with van der Waals surface area (Å²) < 4.78 is 23.5. The van der Waals surface area contributed by atoms with Gasteiger partial charge in [-0.05, 0) is 31.1 Å². The van der Waals surface area contributed by atoms with Gasteiger partial charge < -0.3 is 4.90 Å². The summed E-state index contributed by atoms with van der Waals surface area (Å²) in [6, 6.07) is -0.417. The second-order valence-corrected chi connectivity index (χ2v) is 10.4. The number of hydrogen-bond donors (Lipinski definition) is 0. The van der Waals surface area contributed by atoms with Crippen LogP contribution in [0.3, 0.4) is 0 Å². The molecule has 0 aromatic rings. The fraction of sp³-hybridized carbons (Fsp3) is 0.833. The van der Waals surface area contributed by atoms with E-state index in [2.05, 4.69) is 5.10 Å². The predicted molar refractivity (Wildman–Crippen MR) is 97.2 cm³/mol. The number of piperidine rings is 1. The highest BCUT2D eigenvalue weighted by Crippen LogP contribution is 2.36. The predicted octanol–water partition coefficient (Wildman–Crippen LogP) is 1.19. The normalized spacial score (nSPS) is 34.4. The minimum atomic E-state index is -3.10. The zero-order valence-electron chi connectivity index (χ0n) is 15.1. The standard InChI is InChI=1S/C18H27N3O4S/c22-17-6-5-16(19-21(17)15-8-10-26(24,25)12-15)18(23)20-9-7-13-3-1-2-4-14(13)11-20/h13-15H,1-12H2. The van der Waals surface area contributed by atoms with E-state index in [4.69, 9.17) is 0 Å². The van der Waals surface area contributed by atoms with Crippen molar-refractivity contribution in [1.82, 2.24) is 9.91 Å². The Balaban J connectivity index is 1.47. The Morgan fingerprint density at radius 1 is 1.04 bits per heavy atom. The van der Waals surface area contributed by atoms with E-state index in [1.807, 2.05) is 4.90 Å². The van der Waals surface area contributed by atoms with Crippen LogP contribution in [-0.4, -0.2) is 66.5 Å². The second kappa shape index (κ2) is 6.94. The number of likely N-dealkylation sites (tertiary alicyclic amines) is 1. The number of hydrogen-bond acceptors (Lipinski definition) is 5.